The molecule has 0 amide bonds. The summed E-state index contributed by atoms with van der Waals surface area (Å²) in [5.41, 5.74) is 2.36. The standard InChI is InChI=1S/C18H25N3O4/c22-17(23)14-3-1-7-20(14)11-12-5-9-19-10-6-13(16(12)19)21-8-2-4-15(21)18(24)25/h5,9,13-15H,1-4,6-8,10-11H2,(H,22,23)(H,24,25). The molecule has 3 unspecified atom stereocenters. The van der Waals surface area contributed by atoms with Gasteiger partial charge in [-0.25, -0.2) is 0 Å². The van der Waals surface area contributed by atoms with Crippen molar-refractivity contribution in [2.24, 2.45) is 0 Å². The van der Waals surface area contributed by atoms with Crippen molar-refractivity contribution in [3.05, 3.63) is 23.5 Å². The van der Waals surface area contributed by atoms with E-state index in [1.54, 1.807) is 0 Å². The Hall–Kier alpha value is -1.86. The fraction of sp³-hybridized carbons (Fsp3) is 0.667. The summed E-state index contributed by atoms with van der Waals surface area (Å²) in [6.07, 6.45) is 6.29. The average Bonchev–Trinajstić information content (AvgIpc) is 3.32. The van der Waals surface area contributed by atoms with Crippen LogP contribution >= 0.6 is 0 Å². The minimum absolute atomic E-state index is 0.138. The van der Waals surface area contributed by atoms with E-state index in [0.717, 1.165) is 50.9 Å². The number of carbonyl (C=O) groups is 2. The van der Waals surface area contributed by atoms with Gasteiger partial charge in [-0.1, -0.05) is 0 Å². The number of nitrogens with zero attached hydrogens (tertiary/aromatic N) is 3. The number of aromatic nitrogens is 1. The highest BCUT2D eigenvalue weighted by atomic mass is 16.4. The molecule has 4 heterocycles. The lowest BCUT2D eigenvalue weighted by atomic mass is 10.1. The molecular weight excluding hydrogens is 322 g/mol. The Labute approximate surface area is 146 Å². The van der Waals surface area contributed by atoms with E-state index in [1.165, 1.54) is 5.69 Å². The van der Waals surface area contributed by atoms with E-state index in [-0.39, 0.29) is 6.04 Å². The van der Waals surface area contributed by atoms with Gasteiger partial charge >= 0.3 is 11.9 Å². The highest BCUT2D eigenvalue weighted by Gasteiger charge is 2.40. The molecule has 3 atom stereocenters. The monoisotopic (exact) mass is 347 g/mol. The maximum atomic E-state index is 11.6. The summed E-state index contributed by atoms with van der Waals surface area (Å²) in [6, 6.07) is 1.44. The van der Waals surface area contributed by atoms with Crippen LogP contribution in [0.1, 0.15) is 49.4 Å². The van der Waals surface area contributed by atoms with E-state index in [9.17, 15) is 19.8 Å². The Kier molecular flexibility index (Phi) is 4.29. The molecule has 2 N–H and O–H groups in total. The van der Waals surface area contributed by atoms with Crippen LogP contribution in [0.4, 0.5) is 0 Å². The molecule has 4 rings (SSSR count). The smallest absolute Gasteiger partial charge is 0.320 e. The van der Waals surface area contributed by atoms with Crippen molar-refractivity contribution in [2.75, 3.05) is 13.1 Å². The molecule has 7 nitrogen and oxygen atoms in total. The first-order valence-corrected chi connectivity index (χ1v) is 9.19. The highest BCUT2D eigenvalue weighted by molar-refractivity contribution is 5.74. The van der Waals surface area contributed by atoms with Crippen molar-refractivity contribution in [3.8, 4) is 0 Å². The normalized spacial score (nSPS) is 30.0. The number of carboxylic acids is 2. The molecule has 136 valence electrons. The molecule has 1 aromatic heterocycles. The number of carboxylic acid groups (broad SMARTS) is 2. The number of aliphatic carboxylic acids is 2. The third-order valence-corrected chi connectivity index (χ3v) is 6.05. The number of hydrogen-bond donors (Lipinski definition) is 2. The summed E-state index contributed by atoms with van der Waals surface area (Å²) in [4.78, 5) is 27.2. The average molecular weight is 347 g/mol. The second kappa shape index (κ2) is 6.46. The van der Waals surface area contributed by atoms with Gasteiger partial charge in [-0.05, 0) is 56.8 Å². The zero-order valence-corrected chi connectivity index (χ0v) is 14.3. The molecule has 25 heavy (non-hydrogen) atoms. The van der Waals surface area contributed by atoms with E-state index in [1.807, 2.05) is 4.90 Å². The molecular formula is C18H25N3O4. The second-order valence-corrected chi connectivity index (χ2v) is 7.42. The van der Waals surface area contributed by atoms with Crippen LogP contribution in [0.25, 0.3) is 0 Å². The van der Waals surface area contributed by atoms with Gasteiger partial charge in [0.2, 0.25) is 0 Å². The number of aryl methyl sites for hydroxylation is 1. The maximum Gasteiger partial charge on any atom is 0.320 e. The van der Waals surface area contributed by atoms with Gasteiger partial charge in [0.1, 0.15) is 12.1 Å². The van der Waals surface area contributed by atoms with Crippen LogP contribution in [0.3, 0.4) is 0 Å². The third kappa shape index (κ3) is 2.85. The molecule has 3 aliphatic rings. The summed E-state index contributed by atoms with van der Waals surface area (Å²) in [6.45, 7) is 3.19. The van der Waals surface area contributed by atoms with Crippen LogP contribution in [0, 0.1) is 0 Å². The van der Waals surface area contributed by atoms with Crippen molar-refractivity contribution in [2.45, 2.75) is 63.3 Å². The fourth-order valence-corrected chi connectivity index (χ4v) is 4.93. The maximum absolute atomic E-state index is 11.6. The summed E-state index contributed by atoms with van der Waals surface area (Å²) >= 11 is 0. The number of hydrogen-bond acceptors (Lipinski definition) is 4. The Morgan fingerprint density at radius 3 is 2.48 bits per heavy atom. The van der Waals surface area contributed by atoms with Gasteiger partial charge in [-0.2, -0.15) is 0 Å². The number of fused-ring (bicyclic) bond motifs is 1. The van der Waals surface area contributed by atoms with Crippen LogP contribution < -0.4 is 0 Å². The summed E-state index contributed by atoms with van der Waals surface area (Å²) in [5.74, 6) is -1.47. The minimum Gasteiger partial charge on any atom is -0.480 e. The quantitative estimate of drug-likeness (QED) is 0.840. The molecule has 0 aliphatic carbocycles. The van der Waals surface area contributed by atoms with Crippen LogP contribution in [0.15, 0.2) is 12.3 Å². The van der Waals surface area contributed by atoms with Crippen LogP contribution in [0.5, 0.6) is 0 Å². The lowest BCUT2D eigenvalue weighted by Crippen LogP contribution is -2.39. The molecule has 1 aromatic rings. The first-order chi connectivity index (χ1) is 12.1. The van der Waals surface area contributed by atoms with Gasteiger partial charge in [0.15, 0.2) is 0 Å². The molecule has 0 radical (unpaired) electrons. The van der Waals surface area contributed by atoms with Gasteiger partial charge in [-0.15, -0.1) is 0 Å². The number of likely N-dealkylation sites (tertiary alicyclic amines) is 2. The predicted octanol–water partition coefficient (Wildman–Crippen LogP) is 1.53. The lowest BCUT2D eigenvalue weighted by molar-refractivity contribution is -0.143. The Bertz CT molecular complexity index is 686. The highest BCUT2D eigenvalue weighted by Crippen LogP contribution is 2.39. The Balaban J connectivity index is 1.57. The molecule has 0 spiro atoms. The summed E-state index contributed by atoms with van der Waals surface area (Å²) < 4.78 is 2.23. The van der Waals surface area contributed by atoms with E-state index < -0.39 is 24.0 Å². The van der Waals surface area contributed by atoms with Crippen LogP contribution in [0.2, 0.25) is 0 Å². The number of rotatable bonds is 5. The first kappa shape index (κ1) is 16.6. The topological polar surface area (TPSA) is 86.0 Å². The molecule has 7 heteroatoms. The summed E-state index contributed by atoms with van der Waals surface area (Å²) in [7, 11) is 0. The van der Waals surface area contributed by atoms with E-state index in [2.05, 4.69) is 21.7 Å². The van der Waals surface area contributed by atoms with Crippen LogP contribution in [-0.4, -0.2) is 61.7 Å². The van der Waals surface area contributed by atoms with Gasteiger partial charge in [-0.3, -0.25) is 19.4 Å². The summed E-state index contributed by atoms with van der Waals surface area (Å²) in [5, 5.41) is 18.9. The fourth-order valence-electron chi connectivity index (χ4n) is 4.93. The van der Waals surface area contributed by atoms with E-state index >= 15 is 0 Å². The van der Waals surface area contributed by atoms with Crippen molar-refractivity contribution < 1.29 is 19.8 Å². The van der Waals surface area contributed by atoms with Crippen molar-refractivity contribution in [1.29, 1.82) is 0 Å². The predicted molar refractivity (Wildman–Crippen MR) is 90.2 cm³/mol. The minimum atomic E-state index is -0.740. The SMILES string of the molecule is O=C(O)C1CCCN1Cc1ccn2c1C(N1CCCC1C(=O)O)CC2. The second-order valence-electron chi connectivity index (χ2n) is 7.42. The van der Waals surface area contributed by atoms with E-state index in [4.69, 9.17) is 0 Å². The molecule has 2 saturated heterocycles. The Morgan fingerprint density at radius 1 is 1.00 bits per heavy atom. The largest absolute Gasteiger partial charge is 0.480 e. The molecule has 2 fully saturated rings. The van der Waals surface area contributed by atoms with Crippen molar-refractivity contribution >= 4 is 11.9 Å². The van der Waals surface area contributed by atoms with E-state index in [0.29, 0.717) is 13.0 Å². The molecule has 3 aliphatic heterocycles. The molecule has 0 bridgehead atoms. The Morgan fingerprint density at radius 2 is 1.72 bits per heavy atom. The molecule has 0 saturated carbocycles. The zero-order chi connectivity index (χ0) is 17.6. The van der Waals surface area contributed by atoms with Gasteiger partial charge < -0.3 is 14.8 Å². The van der Waals surface area contributed by atoms with Gasteiger partial charge in [0, 0.05) is 25.0 Å². The van der Waals surface area contributed by atoms with Crippen LogP contribution in [-0.2, 0) is 22.7 Å². The lowest BCUT2D eigenvalue weighted by Gasteiger charge is -2.29. The third-order valence-electron chi connectivity index (χ3n) is 6.05. The van der Waals surface area contributed by atoms with Crippen molar-refractivity contribution in [3.63, 3.8) is 0 Å². The van der Waals surface area contributed by atoms with Gasteiger partial charge in [0.25, 0.3) is 0 Å². The zero-order valence-electron chi connectivity index (χ0n) is 14.3. The molecule has 0 aromatic carbocycles. The van der Waals surface area contributed by atoms with Crippen molar-refractivity contribution in [1.82, 2.24) is 14.4 Å². The van der Waals surface area contributed by atoms with Gasteiger partial charge in [0.05, 0.1) is 6.04 Å². The first-order valence-electron chi connectivity index (χ1n) is 9.19.